The summed E-state index contributed by atoms with van der Waals surface area (Å²) in [6, 6.07) is 9.98. The lowest BCUT2D eigenvalue weighted by Gasteiger charge is -2.32. The second kappa shape index (κ2) is 6.32. The molecule has 0 saturated carbocycles. The topological polar surface area (TPSA) is 59.0 Å². The van der Waals surface area contributed by atoms with Crippen molar-refractivity contribution < 1.29 is 4.79 Å². The second-order valence-corrected chi connectivity index (χ2v) is 5.98. The Morgan fingerprint density at radius 2 is 2.18 bits per heavy atom. The quantitative estimate of drug-likeness (QED) is 0.886. The van der Waals surface area contributed by atoms with Gasteiger partial charge < -0.3 is 10.6 Å². The minimum absolute atomic E-state index is 0.0153. The minimum Gasteiger partial charge on any atom is -0.349 e. The van der Waals surface area contributed by atoms with Crippen LogP contribution in [0.5, 0.6) is 0 Å². The summed E-state index contributed by atoms with van der Waals surface area (Å²) in [7, 11) is 0. The zero-order valence-corrected chi connectivity index (χ0v) is 13.0. The van der Waals surface area contributed by atoms with Crippen LogP contribution >= 0.6 is 0 Å². The van der Waals surface area contributed by atoms with Gasteiger partial charge in [0.1, 0.15) is 0 Å². The van der Waals surface area contributed by atoms with E-state index in [-0.39, 0.29) is 17.9 Å². The highest BCUT2D eigenvalue weighted by molar-refractivity contribution is 5.79. The smallest absolute Gasteiger partial charge is 0.223 e. The van der Waals surface area contributed by atoms with E-state index in [1.165, 1.54) is 0 Å². The van der Waals surface area contributed by atoms with E-state index >= 15 is 0 Å². The van der Waals surface area contributed by atoms with Gasteiger partial charge in [-0.15, -0.1) is 0 Å². The van der Waals surface area contributed by atoms with Gasteiger partial charge in [-0.05, 0) is 49.7 Å². The number of nitrogens with one attached hydrogen (secondary N) is 2. The van der Waals surface area contributed by atoms with Crippen molar-refractivity contribution in [3.8, 4) is 5.69 Å². The Labute approximate surface area is 130 Å². The fourth-order valence-corrected chi connectivity index (χ4v) is 2.66. The lowest BCUT2D eigenvalue weighted by molar-refractivity contribution is -0.127. The maximum atomic E-state index is 12.3. The van der Waals surface area contributed by atoms with Crippen molar-refractivity contribution in [1.29, 1.82) is 0 Å². The van der Waals surface area contributed by atoms with E-state index in [1.54, 1.807) is 6.20 Å². The van der Waals surface area contributed by atoms with Gasteiger partial charge in [-0.2, -0.15) is 5.10 Å². The molecule has 116 valence electrons. The molecule has 0 aliphatic carbocycles. The zero-order valence-electron chi connectivity index (χ0n) is 13.0. The second-order valence-electron chi connectivity index (χ2n) is 5.98. The Bertz CT molecular complexity index is 634. The normalized spacial score (nSPS) is 17.5. The van der Waals surface area contributed by atoms with Crippen molar-refractivity contribution in [2.45, 2.75) is 19.9 Å². The van der Waals surface area contributed by atoms with Crippen LogP contribution in [0.1, 0.15) is 25.5 Å². The Balaban J connectivity index is 1.68. The monoisotopic (exact) mass is 298 g/mol. The fraction of sp³-hybridized carbons (Fsp3) is 0.412. The molecule has 1 fully saturated rings. The van der Waals surface area contributed by atoms with Crippen molar-refractivity contribution >= 4 is 5.91 Å². The Kier molecular flexibility index (Phi) is 4.24. The molecule has 2 heterocycles. The van der Waals surface area contributed by atoms with Crippen LogP contribution in [0, 0.1) is 11.8 Å². The largest absolute Gasteiger partial charge is 0.349 e. The Morgan fingerprint density at radius 3 is 2.82 bits per heavy atom. The average Bonchev–Trinajstić information content (AvgIpc) is 2.99. The molecule has 5 nitrogen and oxygen atoms in total. The van der Waals surface area contributed by atoms with Gasteiger partial charge in [0, 0.05) is 18.3 Å². The highest BCUT2D eigenvalue weighted by Gasteiger charge is 2.29. The van der Waals surface area contributed by atoms with Crippen LogP contribution in [0.4, 0.5) is 0 Å². The number of hydrogen-bond acceptors (Lipinski definition) is 3. The molecule has 0 bridgehead atoms. The average molecular weight is 298 g/mol. The van der Waals surface area contributed by atoms with Crippen LogP contribution < -0.4 is 10.6 Å². The SMILES string of the molecule is CC(NC(=O)C(C)C1CNC1)c1cccc(-n2cccn2)c1. The predicted molar refractivity (Wildman–Crippen MR) is 85.6 cm³/mol. The molecule has 2 aromatic rings. The number of amides is 1. The Hall–Kier alpha value is -2.14. The third-order valence-corrected chi connectivity index (χ3v) is 4.43. The van der Waals surface area contributed by atoms with Crippen molar-refractivity contribution in [3.05, 3.63) is 48.3 Å². The summed E-state index contributed by atoms with van der Waals surface area (Å²) in [6.45, 7) is 5.91. The molecule has 1 aliphatic heterocycles. The first-order valence-corrected chi connectivity index (χ1v) is 7.76. The summed E-state index contributed by atoms with van der Waals surface area (Å²) >= 11 is 0. The molecular formula is C17H22N4O. The first kappa shape index (κ1) is 14.8. The van der Waals surface area contributed by atoms with E-state index in [4.69, 9.17) is 0 Å². The lowest BCUT2D eigenvalue weighted by atomic mass is 9.88. The molecule has 0 radical (unpaired) electrons. The predicted octanol–water partition coefficient (Wildman–Crippen LogP) is 1.90. The molecule has 1 aromatic carbocycles. The number of carbonyl (C=O) groups is 1. The van der Waals surface area contributed by atoms with Crippen LogP contribution in [0.15, 0.2) is 42.7 Å². The highest BCUT2D eigenvalue weighted by atomic mass is 16.1. The highest BCUT2D eigenvalue weighted by Crippen LogP contribution is 2.20. The van der Waals surface area contributed by atoms with Crippen molar-refractivity contribution in [2.24, 2.45) is 11.8 Å². The van der Waals surface area contributed by atoms with Crippen molar-refractivity contribution in [3.63, 3.8) is 0 Å². The minimum atomic E-state index is -0.0153. The van der Waals surface area contributed by atoms with Crippen molar-refractivity contribution in [1.82, 2.24) is 20.4 Å². The lowest BCUT2D eigenvalue weighted by Crippen LogP contribution is -2.49. The number of carbonyl (C=O) groups excluding carboxylic acids is 1. The van der Waals surface area contributed by atoms with E-state index in [0.717, 1.165) is 24.3 Å². The van der Waals surface area contributed by atoms with Gasteiger partial charge in [-0.25, -0.2) is 4.68 Å². The first-order chi connectivity index (χ1) is 10.6. The standard InChI is InChI=1S/C17H22N4O/c1-12(15-10-18-11-15)17(22)20-13(2)14-5-3-6-16(9-14)21-8-4-7-19-21/h3-9,12-13,15,18H,10-11H2,1-2H3,(H,20,22). The van der Waals surface area contributed by atoms with Crippen LogP contribution in [0.3, 0.4) is 0 Å². The number of aromatic nitrogens is 2. The van der Waals surface area contributed by atoms with Gasteiger partial charge in [-0.3, -0.25) is 4.79 Å². The molecule has 1 saturated heterocycles. The summed E-state index contributed by atoms with van der Waals surface area (Å²) in [4.78, 5) is 12.3. The zero-order chi connectivity index (χ0) is 15.5. The van der Waals surface area contributed by atoms with E-state index < -0.39 is 0 Å². The van der Waals surface area contributed by atoms with Gasteiger partial charge in [-0.1, -0.05) is 19.1 Å². The summed E-state index contributed by atoms with van der Waals surface area (Å²) in [5, 5.41) is 10.6. The number of rotatable bonds is 5. The summed E-state index contributed by atoms with van der Waals surface area (Å²) in [5.74, 6) is 0.643. The molecule has 2 N–H and O–H groups in total. The molecule has 1 aliphatic rings. The van der Waals surface area contributed by atoms with Crippen LogP contribution in [-0.2, 0) is 4.79 Å². The maximum absolute atomic E-state index is 12.3. The number of hydrogen-bond donors (Lipinski definition) is 2. The van der Waals surface area contributed by atoms with Gasteiger partial charge in [0.25, 0.3) is 0 Å². The summed E-state index contributed by atoms with van der Waals surface area (Å²) in [5.41, 5.74) is 2.08. The molecule has 1 aromatic heterocycles. The molecule has 2 unspecified atom stereocenters. The van der Waals surface area contributed by atoms with E-state index in [9.17, 15) is 4.79 Å². The molecule has 1 amide bonds. The molecule has 2 atom stereocenters. The van der Waals surface area contributed by atoms with Crippen molar-refractivity contribution in [2.75, 3.05) is 13.1 Å². The van der Waals surface area contributed by atoms with Gasteiger partial charge in [0.2, 0.25) is 5.91 Å². The maximum Gasteiger partial charge on any atom is 0.223 e. The Morgan fingerprint density at radius 1 is 1.36 bits per heavy atom. The molecular weight excluding hydrogens is 276 g/mol. The summed E-state index contributed by atoms with van der Waals surface area (Å²) in [6.07, 6.45) is 3.67. The van der Waals surface area contributed by atoms with Gasteiger partial charge in [0.05, 0.1) is 11.7 Å². The third kappa shape index (κ3) is 3.04. The fourth-order valence-electron chi connectivity index (χ4n) is 2.66. The van der Waals surface area contributed by atoms with Crippen LogP contribution in [0.2, 0.25) is 0 Å². The van der Waals surface area contributed by atoms with Crippen LogP contribution in [0.25, 0.3) is 5.69 Å². The van der Waals surface area contributed by atoms with E-state index in [0.29, 0.717) is 5.92 Å². The number of benzene rings is 1. The first-order valence-electron chi connectivity index (χ1n) is 7.76. The molecule has 22 heavy (non-hydrogen) atoms. The van der Waals surface area contributed by atoms with Gasteiger partial charge in [0.15, 0.2) is 0 Å². The van der Waals surface area contributed by atoms with E-state index in [1.807, 2.05) is 49.0 Å². The van der Waals surface area contributed by atoms with Gasteiger partial charge >= 0.3 is 0 Å². The molecule has 3 rings (SSSR count). The van der Waals surface area contributed by atoms with Crippen LogP contribution in [-0.4, -0.2) is 28.8 Å². The number of nitrogens with zero attached hydrogens (tertiary/aromatic N) is 2. The third-order valence-electron chi connectivity index (χ3n) is 4.43. The molecule has 5 heteroatoms. The van der Waals surface area contributed by atoms with E-state index in [2.05, 4.69) is 21.8 Å². The molecule has 0 spiro atoms. The summed E-state index contributed by atoms with van der Waals surface area (Å²) < 4.78 is 1.82.